The van der Waals surface area contributed by atoms with Crippen molar-refractivity contribution in [1.82, 2.24) is 5.32 Å². The van der Waals surface area contributed by atoms with Gasteiger partial charge in [0.05, 0.1) is 5.92 Å². The zero-order valence-corrected chi connectivity index (χ0v) is 24.3. The first-order valence-electron chi connectivity index (χ1n) is 12.7. The summed E-state index contributed by atoms with van der Waals surface area (Å²) in [5.74, 6) is -1.84. The third-order valence-corrected chi connectivity index (χ3v) is 6.87. The molecular weight excluding hydrogens is 446 g/mol. The summed E-state index contributed by atoms with van der Waals surface area (Å²) in [7, 11) is 0. The molecule has 0 bridgehead atoms. The number of Topliss-reactive ketones (excluding diaryl/α,β-unsaturated/α-hetero) is 2. The van der Waals surface area contributed by atoms with Crippen LogP contribution in [0.25, 0.3) is 0 Å². The molecule has 0 rings (SSSR count). The number of hydrogen-bond donors (Lipinski definition) is 1. The first kappa shape index (κ1) is 32.8. The molecule has 0 radical (unpaired) electrons. The molecular formula is C28H49NO6. The Hall–Kier alpha value is -2.18. The smallest absolute Gasteiger partial charge is 0.407 e. The summed E-state index contributed by atoms with van der Waals surface area (Å²) in [5.41, 5.74) is -0.606. The van der Waals surface area contributed by atoms with Gasteiger partial charge < -0.3 is 14.8 Å². The maximum atomic E-state index is 13.0. The second-order valence-electron chi connectivity index (χ2n) is 11.7. The van der Waals surface area contributed by atoms with E-state index in [1.165, 1.54) is 0 Å². The molecule has 0 aliphatic heterocycles. The molecule has 0 heterocycles. The van der Waals surface area contributed by atoms with E-state index in [2.05, 4.69) is 5.32 Å². The first-order valence-corrected chi connectivity index (χ1v) is 12.7. The van der Waals surface area contributed by atoms with E-state index >= 15 is 0 Å². The highest BCUT2D eigenvalue weighted by atomic mass is 16.6. The minimum Gasteiger partial charge on any atom is -0.458 e. The summed E-state index contributed by atoms with van der Waals surface area (Å²) in [6, 6.07) is -0.477. The van der Waals surface area contributed by atoms with Crippen LogP contribution in [-0.4, -0.2) is 41.4 Å². The number of ketones is 2. The zero-order chi connectivity index (χ0) is 27.9. The number of amides is 1. The van der Waals surface area contributed by atoms with E-state index in [0.29, 0.717) is 17.6 Å². The number of nitrogens with one attached hydrogen (secondary N) is 1. The van der Waals surface area contributed by atoms with Gasteiger partial charge in [0.25, 0.3) is 0 Å². The molecule has 2 unspecified atom stereocenters. The van der Waals surface area contributed by atoms with Gasteiger partial charge in [0.2, 0.25) is 11.6 Å². The first-order chi connectivity index (χ1) is 15.8. The molecule has 0 aliphatic rings. The Bertz CT molecular complexity index is 803. The van der Waals surface area contributed by atoms with Crippen molar-refractivity contribution in [2.75, 3.05) is 0 Å². The normalized spacial score (nSPS) is 16.5. The Balaban J connectivity index is 5.56. The summed E-state index contributed by atoms with van der Waals surface area (Å²) >= 11 is 0. The summed E-state index contributed by atoms with van der Waals surface area (Å²) in [5, 5.41) is 2.80. The van der Waals surface area contributed by atoms with E-state index < -0.39 is 52.7 Å². The summed E-state index contributed by atoms with van der Waals surface area (Å²) < 4.78 is 11.0. The number of hydrogen-bond acceptors (Lipinski definition) is 6. The number of rotatable bonds is 12. The van der Waals surface area contributed by atoms with Crippen molar-refractivity contribution >= 4 is 23.6 Å². The molecule has 0 saturated heterocycles. The molecule has 7 heteroatoms. The molecule has 0 saturated carbocycles. The van der Waals surface area contributed by atoms with Crippen molar-refractivity contribution in [2.24, 2.45) is 23.2 Å². The third-order valence-electron chi connectivity index (χ3n) is 6.87. The van der Waals surface area contributed by atoms with E-state index in [9.17, 15) is 19.2 Å². The number of ether oxygens (including phenoxy) is 2. The average molecular weight is 496 g/mol. The highest BCUT2D eigenvalue weighted by Crippen LogP contribution is 2.31. The van der Waals surface area contributed by atoms with Crippen molar-refractivity contribution in [2.45, 2.75) is 121 Å². The second kappa shape index (κ2) is 13.2. The fraction of sp³-hybridized carbons (Fsp3) is 0.786. The van der Waals surface area contributed by atoms with Gasteiger partial charge in [-0.25, -0.2) is 4.79 Å². The monoisotopic (exact) mass is 495 g/mol. The van der Waals surface area contributed by atoms with E-state index in [0.717, 1.165) is 6.42 Å². The molecule has 0 aromatic carbocycles. The number of carbonyl (C=O) groups excluding carboxylic acids is 4. The summed E-state index contributed by atoms with van der Waals surface area (Å²) in [4.78, 5) is 51.1. The largest absolute Gasteiger partial charge is 0.458 e. The standard InChI is InChI=1S/C28H49NO6/c1-14-17(4)28(12,13)24(31)23(30)19(6)18(5)21(8)34-25(32)20(7)22(15-16(2)3)29-26(33)35-27(9,10)11/h16-17,20-22H,14-15H2,1-13H3,(H,29,33)/b19-18+/t17-,20?,21?,22-/m0/s1. The lowest BCUT2D eigenvalue weighted by Crippen LogP contribution is -2.46. The lowest BCUT2D eigenvalue weighted by Gasteiger charge is -2.29. The molecule has 0 fully saturated rings. The number of carbonyl (C=O) groups is 4. The van der Waals surface area contributed by atoms with Crippen LogP contribution in [0.15, 0.2) is 11.1 Å². The maximum absolute atomic E-state index is 13.0. The Morgan fingerprint density at radius 2 is 1.40 bits per heavy atom. The quantitative estimate of drug-likeness (QED) is 0.201. The van der Waals surface area contributed by atoms with E-state index in [1.54, 1.807) is 62.3 Å². The van der Waals surface area contributed by atoms with Gasteiger partial charge >= 0.3 is 12.1 Å². The van der Waals surface area contributed by atoms with Gasteiger partial charge in [-0.3, -0.25) is 14.4 Å². The molecule has 1 N–H and O–H groups in total. The van der Waals surface area contributed by atoms with Gasteiger partial charge in [-0.05, 0) is 72.3 Å². The van der Waals surface area contributed by atoms with Crippen molar-refractivity contribution in [1.29, 1.82) is 0 Å². The SMILES string of the molecule is CC[C@H](C)C(C)(C)C(=O)C(=O)/C(C)=C(\C)C(C)OC(=O)C(C)[C@H](CC(C)C)NC(=O)OC(C)(C)C. The second-order valence-corrected chi connectivity index (χ2v) is 11.7. The van der Waals surface area contributed by atoms with Crippen LogP contribution in [0.5, 0.6) is 0 Å². The van der Waals surface area contributed by atoms with Crippen molar-refractivity contribution < 1.29 is 28.7 Å². The van der Waals surface area contributed by atoms with E-state index in [-0.39, 0.29) is 11.8 Å². The molecule has 4 atom stereocenters. The number of alkyl carbamates (subject to hydrolysis) is 1. The van der Waals surface area contributed by atoms with Crippen LogP contribution >= 0.6 is 0 Å². The van der Waals surface area contributed by atoms with Gasteiger partial charge in [0.15, 0.2) is 0 Å². The molecule has 0 aliphatic carbocycles. The predicted octanol–water partition coefficient (Wildman–Crippen LogP) is 6.04. The third kappa shape index (κ3) is 10.1. The van der Waals surface area contributed by atoms with Crippen LogP contribution in [0.4, 0.5) is 4.79 Å². The molecule has 35 heavy (non-hydrogen) atoms. The minimum absolute atomic E-state index is 0.0542. The van der Waals surface area contributed by atoms with Gasteiger partial charge in [-0.2, -0.15) is 0 Å². The van der Waals surface area contributed by atoms with Crippen LogP contribution in [0, 0.1) is 23.2 Å². The lowest BCUT2D eigenvalue weighted by molar-refractivity contribution is -0.152. The molecule has 0 spiro atoms. The minimum atomic E-state index is -0.779. The molecule has 0 aromatic rings. The van der Waals surface area contributed by atoms with Crippen LogP contribution < -0.4 is 5.32 Å². The van der Waals surface area contributed by atoms with Crippen LogP contribution in [0.1, 0.15) is 103 Å². The number of esters is 1. The van der Waals surface area contributed by atoms with Gasteiger partial charge in [0.1, 0.15) is 11.7 Å². The van der Waals surface area contributed by atoms with Crippen molar-refractivity contribution in [3.8, 4) is 0 Å². The Morgan fingerprint density at radius 3 is 1.83 bits per heavy atom. The Labute approximate surface area is 212 Å². The molecule has 0 aromatic heterocycles. The Morgan fingerprint density at radius 1 is 0.886 bits per heavy atom. The van der Waals surface area contributed by atoms with Crippen LogP contribution in [0.3, 0.4) is 0 Å². The maximum Gasteiger partial charge on any atom is 0.407 e. The zero-order valence-electron chi connectivity index (χ0n) is 24.3. The van der Waals surface area contributed by atoms with E-state index in [1.807, 2.05) is 27.7 Å². The van der Waals surface area contributed by atoms with Crippen molar-refractivity contribution in [3.05, 3.63) is 11.1 Å². The fourth-order valence-corrected chi connectivity index (χ4v) is 3.57. The fourth-order valence-electron chi connectivity index (χ4n) is 3.57. The van der Waals surface area contributed by atoms with Crippen LogP contribution in [0.2, 0.25) is 0 Å². The van der Waals surface area contributed by atoms with Gasteiger partial charge in [-0.15, -0.1) is 0 Å². The molecule has 202 valence electrons. The van der Waals surface area contributed by atoms with Gasteiger partial charge in [-0.1, -0.05) is 48.0 Å². The van der Waals surface area contributed by atoms with Crippen LogP contribution in [-0.2, 0) is 23.9 Å². The highest BCUT2D eigenvalue weighted by Gasteiger charge is 2.38. The highest BCUT2D eigenvalue weighted by molar-refractivity contribution is 6.45. The average Bonchev–Trinajstić information content (AvgIpc) is 2.73. The van der Waals surface area contributed by atoms with Crippen molar-refractivity contribution in [3.63, 3.8) is 0 Å². The topological polar surface area (TPSA) is 98.8 Å². The number of allylic oxidation sites excluding steroid dienone is 1. The van der Waals surface area contributed by atoms with E-state index in [4.69, 9.17) is 9.47 Å². The van der Waals surface area contributed by atoms with Gasteiger partial charge in [0, 0.05) is 17.0 Å². The summed E-state index contributed by atoms with van der Waals surface area (Å²) in [6.07, 6.45) is 0.0645. The molecule has 1 amide bonds. The lowest BCUT2D eigenvalue weighted by atomic mass is 9.73. The predicted molar refractivity (Wildman–Crippen MR) is 139 cm³/mol. The summed E-state index contributed by atoms with van der Waals surface area (Å²) in [6.45, 7) is 23.6. The molecule has 7 nitrogen and oxygen atoms in total. The Kier molecular flexibility index (Phi) is 12.4.